The number of urea groups is 1. The van der Waals surface area contributed by atoms with Crippen LogP contribution in [0.5, 0.6) is 5.75 Å². The third-order valence-corrected chi connectivity index (χ3v) is 4.27. The minimum atomic E-state index is -1.22. The van der Waals surface area contributed by atoms with Gasteiger partial charge in [0, 0.05) is 6.54 Å². The standard InChI is InChI=1S/C21H21N3O6/c1-13(19(26)24-21(28)22-12-14-7-3-2-4-8-14)29-18(25)11-17-20(27)23-15-9-5-6-10-16(15)30-17/h2-10,13,17H,11-12H2,1H3,(H,23,27)(H2,22,24,26,28). The summed E-state index contributed by atoms with van der Waals surface area (Å²) in [6.45, 7) is 1.57. The van der Waals surface area contributed by atoms with Crippen LogP contribution in [0.25, 0.3) is 0 Å². The highest BCUT2D eigenvalue weighted by Crippen LogP contribution is 2.29. The Balaban J connectivity index is 1.44. The molecule has 3 N–H and O–H groups in total. The number of carbonyl (C=O) groups excluding carboxylic acids is 4. The fourth-order valence-electron chi connectivity index (χ4n) is 2.71. The average molecular weight is 411 g/mol. The first-order valence-electron chi connectivity index (χ1n) is 9.31. The SMILES string of the molecule is CC(OC(=O)CC1Oc2ccccc2NC1=O)C(=O)NC(=O)NCc1ccccc1. The van der Waals surface area contributed by atoms with Crippen molar-refractivity contribution >= 4 is 29.5 Å². The Kier molecular flexibility index (Phi) is 6.63. The summed E-state index contributed by atoms with van der Waals surface area (Å²) in [6.07, 6.45) is -2.67. The Morgan fingerprint density at radius 2 is 1.80 bits per heavy atom. The molecule has 156 valence electrons. The highest BCUT2D eigenvalue weighted by Gasteiger charge is 2.31. The average Bonchev–Trinajstić information content (AvgIpc) is 2.73. The van der Waals surface area contributed by atoms with Gasteiger partial charge in [-0.2, -0.15) is 0 Å². The van der Waals surface area contributed by atoms with Crippen LogP contribution in [-0.2, 0) is 25.7 Å². The molecule has 2 unspecified atom stereocenters. The second kappa shape index (κ2) is 9.55. The summed E-state index contributed by atoms with van der Waals surface area (Å²) in [5, 5.41) is 7.28. The summed E-state index contributed by atoms with van der Waals surface area (Å²) in [4.78, 5) is 48.1. The number of benzene rings is 2. The van der Waals surface area contributed by atoms with Crippen LogP contribution < -0.4 is 20.7 Å². The zero-order valence-corrected chi connectivity index (χ0v) is 16.2. The van der Waals surface area contributed by atoms with Gasteiger partial charge in [0.25, 0.3) is 11.8 Å². The minimum Gasteiger partial charge on any atom is -0.478 e. The number of nitrogens with one attached hydrogen (secondary N) is 3. The molecule has 0 fully saturated rings. The molecular formula is C21H21N3O6. The maximum absolute atomic E-state index is 12.1. The maximum Gasteiger partial charge on any atom is 0.321 e. The molecule has 0 bridgehead atoms. The molecule has 0 spiro atoms. The van der Waals surface area contributed by atoms with Crippen LogP contribution in [0.2, 0.25) is 0 Å². The first-order chi connectivity index (χ1) is 14.4. The highest BCUT2D eigenvalue weighted by molar-refractivity contribution is 6.00. The molecule has 0 aromatic heterocycles. The molecule has 0 radical (unpaired) electrons. The number of para-hydroxylation sites is 2. The van der Waals surface area contributed by atoms with Crippen LogP contribution in [0.15, 0.2) is 54.6 Å². The predicted octanol–water partition coefficient (Wildman–Crippen LogP) is 1.73. The number of anilines is 1. The van der Waals surface area contributed by atoms with Crippen LogP contribution in [0.1, 0.15) is 18.9 Å². The number of amides is 4. The van der Waals surface area contributed by atoms with Crippen molar-refractivity contribution in [2.24, 2.45) is 0 Å². The van der Waals surface area contributed by atoms with E-state index in [4.69, 9.17) is 9.47 Å². The Bertz CT molecular complexity index is 947. The van der Waals surface area contributed by atoms with E-state index in [9.17, 15) is 19.2 Å². The minimum absolute atomic E-state index is 0.240. The first kappa shape index (κ1) is 20.8. The van der Waals surface area contributed by atoms with Gasteiger partial charge in [0.2, 0.25) is 0 Å². The number of imide groups is 1. The number of ether oxygens (including phenoxy) is 2. The summed E-state index contributed by atoms with van der Waals surface area (Å²) in [5.74, 6) is -1.63. The van der Waals surface area contributed by atoms with E-state index >= 15 is 0 Å². The molecule has 0 saturated carbocycles. The summed E-state index contributed by atoms with van der Waals surface area (Å²) in [5.41, 5.74) is 1.38. The molecule has 2 atom stereocenters. The van der Waals surface area contributed by atoms with E-state index in [-0.39, 0.29) is 13.0 Å². The van der Waals surface area contributed by atoms with Crippen LogP contribution >= 0.6 is 0 Å². The lowest BCUT2D eigenvalue weighted by Crippen LogP contribution is -2.45. The quantitative estimate of drug-likeness (QED) is 0.622. The van der Waals surface area contributed by atoms with Crippen LogP contribution in [0.3, 0.4) is 0 Å². The lowest BCUT2D eigenvalue weighted by atomic mass is 10.1. The molecule has 4 amide bonds. The Morgan fingerprint density at radius 3 is 2.57 bits per heavy atom. The Labute approximate surface area is 172 Å². The topological polar surface area (TPSA) is 123 Å². The molecule has 1 aliphatic rings. The van der Waals surface area contributed by atoms with Crippen molar-refractivity contribution in [1.29, 1.82) is 0 Å². The van der Waals surface area contributed by atoms with E-state index in [2.05, 4.69) is 16.0 Å². The van der Waals surface area contributed by atoms with Crippen molar-refractivity contribution in [1.82, 2.24) is 10.6 Å². The summed E-state index contributed by atoms with van der Waals surface area (Å²) >= 11 is 0. The van der Waals surface area contributed by atoms with Gasteiger partial charge in [0.05, 0.1) is 12.1 Å². The second-order valence-electron chi connectivity index (χ2n) is 6.59. The number of esters is 1. The summed E-state index contributed by atoms with van der Waals surface area (Å²) < 4.78 is 10.5. The highest BCUT2D eigenvalue weighted by atomic mass is 16.6. The van der Waals surface area contributed by atoms with Gasteiger partial charge < -0.3 is 20.1 Å². The summed E-state index contributed by atoms with van der Waals surface area (Å²) in [6, 6.07) is 15.3. The smallest absolute Gasteiger partial charge is 0.321 e. The van der Waals surface area contributed by atoms with E-state index in [1.54, 1.807) is 24.3 Å². The number of carbonyl (C=O) groups is 4. The van der Waals surface area contributed by atoms with Crippen molar-refractivity contribution in [3.8, 4) is 5.75 Å². The molecule has 2 aromatic carbocycles. The van der Waals surface area contributed by atoms with E-state index in [0.29, 0.717) is 11.4 Å². The third-order valence-electron chi connectivity index (χ3n) is 4.27. The van der Waals surface area contributed by atoms with E-state index < -0.39 is 36.0 Å². The lowest BCUT2D eigenvalue weighted by Gasteiger charge is -2.25. The van der Waals surface area contributed by atoms with Gasteiger partial charge in [-0.3, -0.25) is 19.7 Å². The number of hydrogen-bond donors (Lipinski definition) is 3. The van der Waals surface area contributed by atoms with E-state index in [1.165, 1.54) is 6.92 Å². The molecular weight excluding hydrogens is 390 g/mol. The molecule has 1 heterocycles. The molecule has 0 aliphatic carbocycles. The van der Waals surface area contributed by atoms with Gasteiger partial charge in [-0.15, -0.1) is 0 Å². The van der Waals surface area contributed by atoms with Crippen molar-refractivity contribution in [2.75, 3.05) is 5.32 Å². The predicted molar refractivity (Wildman–Crippen MR) is 106 cm³/mol. The Morgan fingerprint density at radius 1 is 1.10 bits per heavy atom. The number of fused-ring (bicyclic) bond motifs is 1. The maximum atomic E-state index is 12.1. The molecule has 0 saturated heterocycles. The monoisotopic (exact) mass is 411 g/mol. The lowest BCUT2D eigenvalue weighted by molar-refractivity contribution is -0.157. The van der Waals surface area contributed by atoms with Gasteiger partial charge in [-0.1, -0.05) is 42.5 Å². The van der Waals surface area contributed by atoms with Crippen LogP contribution in [0, 0.1) is 0 Å². The van der Waals surface area contributed by atoms with Gasteiger partial charge in [0.15, 0.2) is 12.2 Å². The zero-order valence-electron chi connectivity index (χ0n) is 16.2. The number of hydrogen-bond acceptors (Lipinski definition) is 6. The fraction of sp³-hybridized carbons (Fsp3) is 0.238. The third kappa shape index (κ3) is 5.57. The van der Waals surface area contributed by atoms with E-state index in [0.717, 1.165) is 5.56 Å². The van der Waals surface area contributed by atoms with E-state index in [1.807, 2.05) is 30.3 Å². The van der Waals surface area contributed by atoms with Crippen LogP contribution in [-0.4, -0.2) is 36.0 Å². The normalized spacial score (nSPS) is 15.6. The van der Waals surface area contributed by atoms with Crippen LogP contribution in [0.4, 0.5) is 10.5 Å². The summed E-state index contributed by atoms with van der Waals surface area (Å²) in [7, 11) is 0. The molecule has 9 nitrogen and oxygen atoms in total. The molecule has 1 aliphatic heterocycles. The molecule has 30 heavy (non-hydrogen) atoms. The van der Waals surface area contributed by atoms with Gasteiger partial charge in [-0.25, -0.2) is 4.79 Å². The van der Waals surface area contributed by atoms with Crippen molar-refractivity contribution < 1.29 is 28.7 Å². The Hall–Kier alpha value is -3.88. The number of rotatable bonds is 6. The largest absolute Gasteiger partial charge is 0.478 e. The zero-order chi connectivity index (χ0) is 21.5. The molecule has 3 rings (SSSR count). The second-order valence-corrected chi connectivity index (χ2v) is 6.59. The van der Waals surface area contributed by atoms with Crippen molar-refractivity contribution in [3.63, 3.8) is 0 Å². The van der Waals surface area contributed by atoms with Crippen molar-refractivity contribution in [3.05, 3.63) is 60.2 Å². The molecule has 2 aromatic rings. The van der Waals surface area contributed by atoms with Gasteiger partial charge in [0.1, 0.15) is 5.75 Å². The van der Waals surface area contributed by atoms with Gasteiger partial charge >= 0.3 is 12.0 Å². The molecule has 9 heteroatoms. The first-order valence-corrected chi connectivity index (χ1v) is 9.31. The fourth-order valence-corrected chi connectivity index (χ4v) is 2.71. The van der Waals surface area contributed by atoms with Gasteiger partial charge in [-0.05, 0) is 24.6 Å². The van der Waals surface area contributed by atoms with Crippen molar-refractivity contribution in [2.45, 2.75) is 32.1 Å².